The Morgan fingerprint density at radius 2 is 1.36 bits per heavy atom. The van der Waals surface area contributed by atoms with Crippen LogP contribution in [-0.4, -0.2) is 80.5 Å². The van der Waals surface area contributed by atoms with Crippen LogP contribution in [0.3, 0.4) is 0 Å². The smallest absolute Gasteiger partial charge is 0.324 e. The summed E-state index contributed by atoms with van der Waals surface area (Å²) in [5, 5.41) is 16.4. The van der Waals surface area contributed by atoms with E-state index >= 15 is 0 Å². The van der Waals surface area contributed by atoms with Gasteiger partial charge in [0.1, 0.15) is 15.5 Å². The van der Waals surface area contributed by atoms with Gasteiger partial charge in [0.05, 0.1) is 34.3 Å². The third kappa shape index (κ3) is 10.7. The second-order valence-corrected chi connectivity index (χ2v) is 17.2. The quantitative estimate of drug-likeness (QED) is 0.0655. The first-order valence-electron chi connectivity index (χ1n) is 14.8. The minimum Gasteiger partial charge on any atom is -0.324 e. The van der Waals surface area contributed by atoms with Crippen LogP contribution in [0, 0.1) is 0 Å². The van der Waals surface area contributed by atoms with Gasteiger partial charge in [0.2, 0.25) is 23.1 Å². The van der Waals surface area contributed by atoms with Crippen molar-refractivity contribution in [2.75, 3.05) is 28.3 Å². The third-order valence-electron chi connectivity index (χ3n) is 6.99. The molecule has 5 aromatic rings. The lowest BCUT2D eigenvalue weighted by molar-refractivity contribution is -0.114. The van der Waals surface area contributed by atoms with Gasteiger partial charge in [-0.1, -0.05) is 24.3 Å². The van der Waals surface area contributed by atoms with Crippen LogP contribution in [0.5, 0.6) is 0 Å². The molecule has 0 saturated carbocycles. The molecule has 55 heavy (non-hydrogen) atoms. The number of carbonyl (C=O) groups excluding carboxylic acids is 1. The topological polar surface area (TPSA) is 323 Å². The van der Waals surface area contributed by atoms with Gasteiger partial charge >= 0.3 is 10.4 Å². The minimum atomic E-state index is -4.98. The Labute approximate surface area is 317 Å². The Morgan fingerprint density at radius 3 is 2.02 bits per heavy atom. The zero-order valence-electron chi connectivity index (χ0n) is 27.5. The molecular formula is C29H25ClN8O13S4. The van der Waals surface area contributed by atoms with Gasteiger partial charge in [-0.25, -0.2) is 12.6 Å². The van der Waals surface area contributed by atoms with E-state index in [0.29, 0.717) is 5.39 Å². The second kappa shape index (κ2) is 15.8. The fourth-order valence-corrected chi connectivity index (χ4v) is 7.78. The number of aromatic nitrogens is 3. The Balaban J connectivity index is 1.44. The number of nitrogens with one attached hydrogen (secondary N) is 3. The molecule has 0 atom stereocenters. The molecule has 0 spiro atoms. The van der Waals surface area contributed by atoms with Gasteiger partial charge in [0, 0.05) is 23.4 Å². The molecule has 0 unspecified atom stereocenters. The first-order chi connectivity index (χ1) is 25.6. The van der Waals surface area contributed by atoms with Gasteiger partial charge in [0.15, 0.2) is 9.84 Å². The SMILES string of the molecule is CC(=O)Nc1cc(Nc2nc(Cl)nc(Nc3cc(S(=O)(=O)CCOS(=O)(=O)O)ccc3S(=O)(=O)O)n2)ccc1N=Nc1cccc2c(S(=O)(=O)O)cccc12. The van der Waals surface area contributed by atoms with E-state index in [1.807, 2.05) is 0 Å². The largest absolute Gasteiger partial charge is 0.397 e. The van der Waals surface area contributed by atoms with Crippen molar-refractivity contribution in [3.63, 3.8) is 0 Å². The molecule has 0 bridgehead atoms. The number of halogens is 1. The van der Waals surface area contributed by atoms with E-state index in [0.717, 1.165) is 18.2 Å². The predicted octanol–water partition coefficient (Wildman–Crippen LogP) is 4.63. The number of amides is 1. The maximum absolute atomic E-state index is 12.8. The van der Waals surface area contributed by atoms with Crippen LogP contribution in [0.15, 0.2) is 97.7 Å². The lowest BCUT2D eigenvalue weighted by Crippen LogP contribution is -2.16. The van der Waals surface area contributed by atoms with E-state index in [9.17, 15) is 47.6 Å². The number of carbonyl (C=O) groups is 1. The lowest BCUT2D eigenvalue weighted by Gasteiger charge is -2.13. The number of hydrogen-bond acceptors (Lipinski definition) is 17. The fourth-order valence-electron chi connectivity index (χ4n) is 4.78. The van der Waals surface area contributed by atoms with Crippen LogP contribution in [0.25, 0.3) is 10.8 Å². The number of anilines is 5. The van der Waals surface area contributed by atoms with Gasteiger partial charge in [0.25, 0.3) is 20.2 Å². The Bertz CT molecular complexity index is 2830. The van der Waals surface area contributed by atoms with Gasteiger partial charge in [-0.05, 0) is 60.1 Å². The molecule has 290 valence electrons. The molecule has 1 aromatic heterocycles. The molecule has 21 nitrogen and oxygen atoms in total. The van der Waals surface area contributed by atoms with E-state index in [1.165, 1.54) is 49.4 Å². The average Bonchev–Trinajstić information content (AvgIpc) is 3.05. The third-order valence-corrected chi connectivity index (χ3v) is 11.1. The van der Waals surface area contributed by atoms with Crippen LogP contribution in [-0.2, 0) is 49.5 Å². The van der Waals surface area contributed by atoms with Crippen molar-refractivity contribution in [3.05, 3.63) is 78.1 Å². The molecule has 0 radical (unpaired) electrons. The zero-order chi connectivity index (χ0) is 40.3. The summed E-state index contributed by atoms with van der Waals surface area (Å²) >= 11 is 6.09. The van der Waals surface area contributed by atoms with E-state index in [4.69, 9.17) is 16.2 Å². The van der Waals surface area contributed by atoms with Crippen molar-refractivity contribution in [2.24, 2.45) is 10.2 Å². The summed E-state index contributed by atoms with van der Waals surface area (Å²) in [5.41, 5.74) is 0.215. The van der Waals surface area contributed by atoms with Crippen LogP contribution in [0.4, 0.5) is 40.3 Å². The standard InChI is InChI=1S/C29H25ClN8O13S4/c1-16(39)31-23-14-17(8-10-22(23)38-37-21-6-2-5-20-19(21)4-3-7-25(20)53(42,43)44)32-28-34-27(30)35-29(36-28)33-24-15-18(9-11-26(24)54(45,46)47)52(40,41)13-12-51-55(48,49)50/h2-11,14-15H,12-13H2,1H3,(H,31,39)(H,42,43,44)(H,45,46,47)(H,48,49,50)(H2,32,33,34,35,36). The second-order valence-electron chi connectivity index (χ2n) is 10.9. The first-order valence-corrected chi connectivity index (χ1v) is 21.1. The Morgan fingerprint density at radius 1 is 0.727 bits per heavy atom. The first kappa shape index (κ1) is 40.9. The number of fused-ring (bicyclic) bond motifs is 1. The number of hydrogen-bond donors (Lipinski definition) is 6. The summed E-state index contributed by atoms with van der Waals surface area (Å²) in [5.74, 6) is -2.15. The predicted molar refractivity (Wildman–Crippen MR) is 196 cm³/mol. The van der Waals surface area contributed by atoms with E-state index in [2.05, 4.69) is 45.3 Å². The van der Waals surface area contributed by atoms with Crippen LogP contribution < -0.4 is 16.0 Å². The molecule has 0 aliphatic rings. The summed E-state index contributed by atoms with van der Waals surface area (Å²) in [6.07, 6.45) is 0. The monoisotopic (exact) mass is 856 g/mol. The van der Waals surface area contributed by atoms with Crippen molar-refractivity contribution in [1.82, 2.24) is 15.0 Å². The highest BCUT2D eigenvalue weighted by molar-refractivity contribution is 7.91. The van der Waals surface area contributed by atoms with Crippen molar-refractivity contribution in [1.29, 1.82) is 0 Å². The summed E-state index contributed by atoms with van der Waals surface area (Å²) in [4.78, 5) is 22.3. The normalized spacial score (nSPS) is 12.5. The van der Waals surface area contributed by atoms with E-state index in [-0.39, 0.29) is 39.0 Å². The number of sulfone groups is 1. The Kier molecular flexibility index (Phi) is 11.8. The molecule has 0 saturated heterocycles. The fraction of sp³-hybridized carbons (Fsp3) is 0.103. The minimum absolute atomic E-state index is 0.136. The Hall–Kier alpha value is -5.25. The molecule has 1 amide bonds. The van der Waals surface area contributed by atoms with Crippen molar-refractivity contribution in [3.8, 4) is 0 Å². The maximum atomic E-state index is 12.8. The molecule has 5 rings (SSSR count). The molecule has 1 heterocycles. The zero-order valence-corrected chi connectivity index (χ0v) is 31.5. The van der Waals surface area contributed by atoms with Crippen molar-refractivity contribution >= 4 is 109 Å². The molecule has 0 aliphatic heterocycles. The molecular weight excluding hydrogens is 832 g/mol. The highest BCUT2D eigenvalue weighted by Crippen LogP contribution is 2.35. The summed E-state index contributed by atoms with van der Waals surface area (Å²) < 4.78 is 127. The number of rotatable bonds is 14. The molecule has 4 aromatic carbocycles. The van der Waals surface area contributed by atoms with Crippen molar-refractivity contribution < 1.29 is 56.3 Å². The van der Waals surface area contributed by atoms with Crippen LogP contribution in [0.1, 0.15) is 6.92 Å². The molecule has 0 aliphatic carbocycles. The summed E-state index contributed by atoms with van der Waals surface area (Å²) in [6.45, 7) is 0.265. The molecule has 26 heteroatoms. The summed E-state index contributed by atoms with van der Waals surface area (Å²) in [6, 6.07) is 15.5. The maximum Gasteiger partial charge on any atom is 0.397 e. The van der Waals surface area contributed by atoms with Gasteiger partial charge < -0.3 is 16.0 Å². The van der Waals surface area contributed by atoms with Gasteiger partial charge in [-0.2, -0.15) is 40.2 Å². The average molecular weight is 857 g/mol. The van der Waals surface area contributed by atoms with Gasteiger partial charge in [-0.15, -0.1) is 10.2 Å². The number of nitrogens with zero attached hydrogens (tertiary/aromatic N) is 5. The highest BCUT2D eigenvalue weighted by Gasteiger charge is 2.23. The van der Waals surface area contributed by atoms with Crippen LogP contribution >= 0.6 is 11.6 Å². The molecule has 6 N–H and O–H groups in total. The molecule has 0 fully saturated rings. The van der Waals surface area contributed by atoms with Gasteiger partial charge in [-0.3, -0.25) is 18.5 Å². The highest BCUT2D eigenvalue weighted by atomic mass is 35.5. The van der Waals surface area contributed by atoms with E-state index < -0.39 is 85.4 Å². The lowest BCUT2D eigenvalue weighted by atomic mass is 10.1. The number of azo groups is 1. The van der Waals surface area contributed by atoms with E-state index in [1.54, 1.807) is 12.1 Å². The number of benzene rings is 4. The van der Waals surface area contributed by atoms with Crippen LogP contribution in [0.2, 0.25) is 5.28 Å². The summed E-state index contributed by atoms with van der Waals surface area (Å²) in [7, 11) is -18.8. The van der Waals surface area contributed by atoms with Crippen molar-refractivity contribution in [2.45, 2.75) is 21.6 Å².